The van der Waals surface area contributed by atoms with Crippen molar-refractivity contribution in [2.24, 2.45) is 10.8 Å². The highest BCUT2D eigenvalue weighted by molar-refractivity contribution is 6.74. The van der Waals surface area contributed by atoms with Crippen molar-refractivity contribution in [2.45, 2.75) is 53.7 Å². The van der Waals surface area contributed by atoms with E-state index in [1.807, 2.05) is 0 Å². The van der Waals surface area contributed by atoms with Crippen LogP contribution in [0.3, 0.4) is 0 Å². The SMILES string of the molecule is CCc1ccc(B2CC(C)(C)C(C)(C)C2)cc1. The van der Waals surface area contributed by atoms with Gasteiger partial charge in [-0.3, -0.25) is 0 Å². The van der Waals surface area contributed by atoms with E-state index < -0.39 is 0 Å². The molecule has 0 radical (unpaired) electrons. The van der Waals surface area contributed by atoms with Crippen LogP contribution in [0.25, 0.3) is 0 Å². The number of hydrogen-bond donors (Lipinski definition) is 0. The lowest BCUT2D eigenvalue weighted by molar-refractivity contribution is 0.177. The summed E-state index contributed by atoms with van der Waals surface area (Å²) >= 11 is 0. The quantitative estimate of drug-likeness (QED) is 0.671. The molecule has 1 aliphatic heterocycles. The molecule has 1 heteroatoms. The predicted molar refractivity (Wildman–Crippen MR) is 78.4 cm³/mol. The van der Waals surface area contributed by atoms with Crippen LogP contribution >= 0.6 is 0 Å². The standard InChI is InChI=1S/C16H25B/c1-6-13-7-9-14(10-8-13)17-11-15(2,3)16(4,5)12-17/h7-10H,6,11-12H2,1-5H3. The second kappa shape index (κ2) is 4.19. The van der Waals surface area contributed by atoms with Crippen LogP contribution in [-0.2, 0) is 6.42 Å². The summed E-state index contributed by atoms with van der Waals surface area (Å²) in [5, 5.41) is 0. The van der Waals surface area contributed by atoms with E-state index in [-0.39, 0.29) is 0 Å². The second-order valence-corrected chi connectivity index (χ2v) is 6.97. The molecule has 1 heterocycles. The molecule has 0 aromatic heterocycles. The molecule has 0 bridgehead atoms. The van der Waals surface area contributed by atoms with E-state index >= 15 is 0 Å². The molecule has 0 atom stereocenters. The lowest BCUT2D eigenvalue weighted by Gasteiger charge is -2.35. The van der Waals surface area contributed by atoms with Crippen molar-refractivity contribution in [3.05, 3.63) is 29.8 Å². The van der Waals surface area contributed by atoms with Gasteiger partial charge in [0.1, 0.15) is 0 Å². The number of benzene rings is 1. The highest BCUT2D eigenvalue weighted by Crippen LogP contribution is 2.52. The average molecular weight is 228 g/mol. The lowest BCUT2D eigenvalue weighted by Crippen LogP contribution is -2.27. The van der Waals surface area contributed by atoms with E-state index in [1.165, 1.54) is 18.2 Å². The van der Waals surface area contributed by atoms with Crippen molar-refractivity contribution < 1.29 is 0 Å². The molecule has 1 aliphatic rings. The maximum atomic E-state index is 2.42. The van der Waals surface area contributed by atoms with Crippen molar-refractivity contribution >= 4 is 12.2 Å². The topological polar surface area (TPSA) is 0 Å². The fourth-order valence-corrected chi connectivity index (χ4v) is 3.12. The maximum Gasteiger partial charge on any atom is 0.176 e. The Labute approximate surface area is 107 Å². The van der Waals surface area contributed by atoms with Crippen LogP contribution in [0.5, 0.6) is 0 Å². The zero-order chi connectivity index (χ0) is 12.7. The zero-order valence-electron chi connectivity index (χ0n) is 12.0. The van der Waals surface area contributed by atoms with E-state index in [0.717, 1.165) is 13.1 Å². The van der Waals surface area contributed by atoms with Gasteiger partial charge in [0, 0.05) is 0 Å². The summed E-state index contributed by atoms with van der Waals surface area (Å²) in [6.07, 6.45) is 3.79. The van der Waals surface area contributed by atoms with Gasteiger partial charge in [-0.2, -0.15) is 0 Å². The van der Waals surface area contributed by atoms with Crippen LogP contribution in [0, 0.1) is 10.8 Å². The highest BCUT2D eigenvalue weighted by atomic mass is 14.4. The van der Waals surface area contributed by atoms with E-state index in [9.17, 15) is 0 Å². The van der Waals surface area contributed by atoms with Crippen LogP contribution in [0.2, 0.25) is 12.6 Å². The molecule has 1 fully saturated rings. The molecule has 1 aromatic carbocycles. The molecular formula is C16H25B. The summed E-state index contributed by atoms with van der Waals surface area (Å²) < 4.78 is 0. The molecule has 0 unspecified atom stereocenters. The normalized spacial score (nSPS) is 21.8. The fraction of sp³-hybridized carbons (Fsp3) is 0.625. The van der Waals surface area contributed by atoms with Gasteiger partial charge in [-0.15, -0.1) is 0 Å². The first-order chi connectivity index (χ1) is 7.86. The smallest absolute Gasteiger partial charge is 0.0800 e. The summed E-state index contributed by atoms with van der Waals surface area (Å²) in [7, 11) is 0. The van der Waals surface area contributed by atoms with Gasteiger partial charge in [0.2, 0.25) is 0 Å². The van der Waals surface area contributed by atoms with Crippen molar-refractivity contribution in [1.29, 1.82) is 0 Å². The van der Waals surface area contributed by atoms with Crippen LogP contribution in [0.1, 0.15) is 40.2 Å². The van der Waals surface area contributed by atoms with Crippen molar-refractivity contribution in [3.8, 4) is 0 Å². The van der Waals surface area contributed by atoms with E-state index in [1.54, 1.807) is 5.46 Å². The monoisotopic (exact) mass is 228 g/mol. The van der Waals surface area contributed by atoms with Crippen LogP contribution in [-0.4, -0.2) is 6.71 Å². The van der Waals surface area contributed by atoms with Crippen molar-refractivity contribution in [1.82, 2.24) is 0 Å². The molecule has 0 nitrogen and oxygen atoms in total. The first-order valence-electron chi connectivity index (χ1n) is 6.94. The van der Waals surface area contributed by atoms with E-state index in [4.69, 9.17) is 0 Å². The molecule has 0 aliphatic carbocycles. The average Bonchev–Trinajstić information content (AvgIpc) is 2.48. The van der Waals surface area contributed by atoms with Gasteiger partial charge < -0.3 is 0 Å². The summed E-state index contributed by atoms with van der Waals surface area (Å²) in [5.41, 5.74) is 3.91. The summed E-state index contributed by atoms with van der Waals surface area (Å²) in [4.78, 5) is 0. The van der Waals surface area contributed by atoms with Gasteiger partial charge >= 0.3 is 0 Å². The Balaban J connectivity index is 2.20. The minimum Gasteiger partial charge on any atom is -0.0800 e. The van der Waals surface area contributed by atoms with Crippen LogP contribution in [0.15, 0.2) is 24.3 Å². The molecule has 2 rings (SSSR count). The number of rotatable bonds is 2. The fourth-order valence-electron chi connectivity index (χ4n) is 3.12. The Morgan fingerprint density at radius 1 is 0.941 bits per heavy atom. The Morgan fingerprint density at radius 2 is 1.41 bits per heavy atom. The number of hydrogen-bond acceptors (Lipinski definition) is 0. The molecule has 1 saturated heterocycles. The summed E-state index contributed by atoms with van der Waals surface area (Å²) in [6, 6.07) is 9.29. The van der Waals surface area contributed by atoms with Gasteiger partial charge in [-0.1, -0.05) is 77.0 Å². The Morgan fingerprint density at radius 3 is 1.82 bits per heavy atom. The summed E-state index contributed by atoms with van der Waals surface area (Å²) in [5.74, 6) is 0. The first-order valence-corrected chi connectivity index (χ1v) is 6.94. The summed E-state index contributed by atoms with van der Waals surface area (Å²) in [6.45, 7) is 12.7. The molecule has 0 N–H and O–H groups in total. The molecule has 1 aromatic rings. The molecule has 92 valence electrons. The minimum atomic E-state index is 0.459. The van der Waals surface area contributed by atoms with Crippen molar-refractivity contribution in [2.75, 3.05) is 0 Å². The van der Waals surface area contributed by atoms with Gasteiger partial charge in [0.15, 0.2) is 6.71 Å². The Hall–Kier alpha value is -0.715. The minimum absolute atomic E-state index is 0.459. The lowest BCUT2D eigenvalue weighted by atomic mass is 9.42. The largest absolute Gasteiger partial charge is 0.176 e. The highest BCUT2D eigenvalue weighted by Gasteiger charge is 2.47. The van der Waals surface area contributed by atoms with Gasteiger partial charge in [-0.25, -0.2) is 0 Å². The molecule has 0 spiro atoms. The molecular weight excluding hydrogens is 203 g/mol. The maximum absolute atomic E-state index is 2.42. The Kier molecular flexibility index (Phi) is 3.14. The number of aryl methyl sites for hydroxylation is 1. The third-order valence-corrected chi connectivity index (χ3v) is 5.20. The zero-order valence-corrected chi connectivity index (χ0v) is 12.0. The first kappa shape index (κ1) is 12.7. The van der Waals surface area contributed by atoms with Crippen LogP contribution < -0.4 is 5.46 Å². The van der Waals surface area contributed by atoms with Gasteiger partial charge in [-0.05, 0) is 22.8 Å². The Bertz CT molecular complexity index is 370. The van der Waals surface area contributed by atoms with Gasteiger partial charge in [0.25, 0.3) is 0 Å². The predicted octanol–water partition coefficient (Wildman–Crippen LogP) is 4.02. The molecule has 0 saturated carbocycles. The second-order valence-electron chi connectivity index (χ2n) is 6.97. The van der Waals surface area contributed by atoms with Crippen LogP contribution in [0.4, 0.5) is 0 Å². The third-order valence-electron chi connectivity index (χ3n) is 5.20. The van der Waals surface area contributed by atoms with Crippen molar-refractivity contribution in [3.63, 3.8) is 0 Å². The molecule has 0 amide bonds. The third kappa shape index (κ3) is 2.29. The molecule has 17 heavy (non-hydrogen) atoms. The van der Waals surface area contributed by atoms with E-state index in [0.29, 0.717) is 10.8 Å². The van der Waals surface area contributed by atoms with Gasteiger partial charge in [0.05, 0.1) is 0 Å². The van der Waals surface area contributed by atoms with E-state index in [2.05, 4.69) is 58.9 Å².